The summed E-state index contributed by atoms with van der Waals surface area (Å²) < 4.78 is 5.06. The molecule has 2 N–H and O–H groups in total. The van der Waals surface area contributed by atoms with E-state index in [1.807, 2.05) is 6.07 Å². The molecule has 0 atom stereocenters. The number of furan rings is 1. The Morgan fingerprint density at radius 2 is 2.31 bits per heavy atom. The van der Waals surface area contributed by atoms with Crippen LogP contribution in [-0.4, -0.2) is 12.3 Å². The van der Waals surface area contributed by atoms with Gasteiger partial charge in [-0.2, -0.15) is 0 Å². The molecule has 1 heterocycles. The highest BCUT2D eigenvalue weighted by Crippen LogP contribution is 2.04. The first-order valence-electron chi connectivity index (χ1n) is 4.57. The first-order valence-corrected chi connectivity index (χ1v) is 4.57. The van der Waals surface area contributed by atoms with E-state index >= 15 is 0 Å². The van der Waals surface area contributed by atoms with Crippen LogP contribution < -0.4 is 5.73 Å². The highest BCUT2D eigenvalue weighted by atomic mass is 16.3. The molecule has 0 saturated heterocycles. The van der Waals surface area contributed by atoms with Crippen molar-refractivity contribution in [1.29, 1.82) is 0 Å². The zero-order valence-corrected chi connectivity index (χ0v) is 7.66. The summed E-state index contributed by atoms with van der Waals surface area (Å²) in [5, 5.41) is 0. The van der Waals surface area contributed by atoms with Crippen LogP contribution in [0.25, 0.3) is 0 Å². The van der Waals surface area contributed by atoms with Crippen LogP contribution in [0, 0.1) is 0 Å². The molecule has 3 nitrogen and oxygen atoms in total. The first kappa shape index (κ1) is 9.99. The van der Waals surface area contributed by atoms with Crippen LogP contribution in [-0.2, 0) is 11.2 Å². The SMILES string of the molecule is NCCCCC(=O)Cc1ccco1. The first-order chi connectivity index (χ1) is 6.33. The van der Waals surface area contributed by atoms with Gasteiger partial charge >= 0.3 is 0 Å². The Morgan fingerprint density at radius 3 is 2.92 bits per heavy atom. The van der Waals surface area contributed by atoms with Crippen molar-refractivity contribution in [3.8, 4) is 0 Å². The maximum Gasteiger partial charge on any atom is 0.140 e. The topological polar surface area (TPSA) is 56.2 Å². The molecule has 72 valence electrons. The zero-order chi connectivity index (χ0) is 9.52. The molecule has 0 unspecified atom stereocenters. The number of carbonyl (C=O) groups excluding carboxylic acids is 1. The monoisotopic (exact) mass is 181 g/mol. The lowest BCUT2D eigenvalue weighted by Crippen LogP contribution is -2.04. The van der Waals surface area contributed by atoms with E-state index < -0.39 is 0 Å². The molecule has 1 aromatic heterocycles. The molecule has 0 saturated carbocycles. The second-order valence-electron chi connectivity index (χ2n) is 3.04. The lowest BCUT2D eigenvalue weighted by Gasteiger charge is -1.97. The molecule has 0 bridgehead atoms. The maximum absolute atomic E-state index is 11.3. The molecule has 3 heteroatoms. The smallest absolute Gasteiger partial charge is 0.140 e. The number of rotatable bonds is 6. The fourth-order valence-electron chi connectivity index (χ4n) is 1.16. The van der Waals surface area contributed by atoms with E-state index in [0.29, 0.717) is 19.4 Å². The maximum atomic E-state index is 11.3. The summed E-state index contributed by atoms with van der Waals surface area (Å²) >= 11 is 0. The van der Waals surface area contributed by atoms with Gasteiger partial charge in [0.15, 0.2) is 0 Å². The van der Waals surface area contributed by atoms with Gasteiger partial charge in [-0.15, -0.1) is 0 Å². The van der Waals surface area contributed by atoms with Gasteiger partial charge in [0, 0.05) is 6.42 Å². The van der Waals surface area contributed by atoms with Crippen molar-refractivity contribution < 1.29 is 9.21 Å². The predicted octanol–water partition coefficient (Wildman–Crippen LogP) is 1.52. The molecule has 0 aliphatic heterocycles. The Balaban J connectivity index is 2.18. The molecule has 0 fully saturated rings. The summed E-state index contributed by atoms with van der Waals surface area (Å²) in [5.41, 5.74) is 5.32. The van der Waals surface area contributed by atoms with Crippen LogP contribution >= 0.6 is 0 Å². The van der Waals surface area contributed by atoms with Crippen molar-refractivity contribution in [2.45, 2.75) is 25.7 Å². The minimum absolute atomic E-state index is 0.225. The molecular weight excluding hydrogens is 166 g/mol. The van der Waals surface area contributed by atoms with Crippen LogP contribution in [0.15, 0.2) is 22.8 Å². The average Bonchev–Trinajstić information content (AvgIpc) is 2.57. The summed E-state index contributed by atoms with van der Waals surface area (Å²) in [7, 11) is 0. The fourth-order valence-corrected chi connectivity index (χ4v) is 1.16. The van der Waals surface area contributed by atoms with Gasteiger partial charge in [-0.3, -0.25) is 4.79 Å². The molecule has 13 heavy (non-hydrogen) atoms. The van der Waals surface area contributed by atoms with Gasteiger partial charge in [-0.25, -0.2) is 0 Å². The highest BCUT2D eigenvalue weighted by molar-refractivity contribution is 5.80. The molecular formula is C10H15NO2. The van der Waals surface area contributed by atoms with Gasteiger partial charge < -0.3 is 10.2 Å². The third-order valence-electron chi connectivity index (χ3n) is 1.86. The second-order valence-corrected chi connectivity index (χ2v) is 3.04. The van der Waals surface area contributed by atoms with E-state index in [2.05, 4.69) is 0 Å². The summed E-state index contributed by atoms with van der Waals surface area (Å²) in [6.07, 6.45) is 4.41. The molecule has 0 radical (unpaired) electrons. The molecule has 0 aliphatic rings. The molecule has 0 spiro atoms. The number of hydrogen-bond acceptors (Lipinski definition) is 3. The molecule has 0 aliphatic carbocycles. The summed E-state index contributed by atoms with van der Waals surface area (Å²) in [6.45, 7) is 0.661. The van der Waals surface area contributed by atoms with E-state index in [-0.39, 0.29) is 5.78 Å². The third kappa shape index (κ3) is 3.90. The molecule has 1 rings (SSSR count). The molecule has 0 amide bonds. The normalized spacial score (nSPS) is 10.2. The van der Waals surface area contributed by atoms with Crippen molar-refractivity contribution in [2.75, 3.05) is 6.54 Å². The Morgan fingerprint density at radius 1 is 1.46 bits per heavy atom. The quantitative estimate of drug-likeness (QED) is 0.677. The number of nitrogens with two attached hydrogens (primary N) is 1. The minimum atomic E-state index is 0.225. The summed E-state index contributed by atoms with van der Waals surface area (Å²) in [6, 6.07) is 3.61. The predicted molar refractivity (Wildman–Crippen MR) is 50.3 cm³/mol. The van der Waals surface area contributed by atoms with Gasteiger partial charge in [-0.1, -0.05) is 0 Å². The third-order valence-corrected chi connectivity index (χ3v) is 1.86. The minimum Gasteiger partial charge on any atom is -0.469 e. The van der Waals surface area contributed by atoms with E-state index in [0.717, 1.165) is 18.6 Å². The van der Waals surface area contributed by atoms with Crippen molar-refractivity contribution >= 4 is 5.78 Å². The van der Waals surface area contributed by atoms with E-state index in [1.54, 1.807) is 12.3 Å². The number of unbranched alkanes of at least 4 members (excludes halogenated alkanes) is 1. The molecule has 0 aromatic carbocycles. The van der Waals surface area contributed by atoms with Crippen LogP contribution in [0.2, 0.25) is 0 Å². The number of hydrogen-bond donors (Lipinski definition) is 1. The number of ketones is 1. The number of Topliss-reactive ketones (excluding diaryl/α,β-unsaturated/α-hetero) is 1. The Labute approximate surface area is 77.9 Å². The molecule has 1 aromatic rings. The highest BCUT2D eigenvalue weighted by Gasteiger charge is 2.04. The summed E-state index contributed by atoms with van der Waals surface area (Å²) in [5.74, 6) is 0.973. The van der Waals surface area contributed by atoms with Crippen molar-refractivity contribution in [1.82, 2.24) is 0 Å². The fraction of sp³-hybridized carbons (Fsp3) is 0.500. The van der Waals surface area contributed by atoms with Crippen molar-refractivity contribution in [2.24, 2.45) is 5.73 Å². The van der Waals surface area contributed by atoms with Gasteiger partial charge in [0.1, 0.15) is 11.5 Å². The van der Waals surface area contributed by atoms with Crippen LogP contribution in [0.5, 0.6) is 0 Å². The largest absolute Gasteiger partial charge is 0.469 e. The van der Waals surface area contributed by atoms with Gasteiger partial charge in [0.05, 0.1) is 12.7 Å². The van der Waals surface area contributed by atoms with Crippen molar-refractivity contribution in [3.63, 3.8) is 0 Å². The van der Waals surface area contributed by atoms with E-state index in [9.17, 15) is 4.79 Å². The van der Waals surface area contributed by atoms with Crippen molar-refractivity contribution in [3.05, 3.63) is 24.2 Å². The second kappa shape index (κ2) is 5.54. The Bertz CT molecular complexity index is 241. The Hall–Kier alpha value is -1.09. The average molecular weight is 181 g/mol. The van der Waals surface area contributed by atoms with Crippen LogP contribution in [0.3, 0.4) is 0 Å². The summed E-state index contributed by atoms with van der Waals surface area (Å²) in [4.78, 5) is 11.3. The lowest BCUT2D eigenvalue weighted by atomic mass is 10.1. The van der Waals surface area contributed by atoms with E-state index in [4.69, 9.17) is 10.2 Å². The van der Waals surface area contributed by atoms with Gasteiger partial charge in [0.25, 0.3) is 0 Å². The van der Waals surface area contributed by atoms with Gasteiger partial charge in [0.2, 0.25) is 0 Å². The zero-order valence-electron chi connectivity index (χ0n) is 7.66. The van der Waals surface area contributed by atoms with Crippen LogP contribution in [0.4, 0.5) is 0 Å². The van der Waals surface area contributed by atoms with Crippen LogP contribution in [0.1, 0.15) is 25.0 Å². The number of carbonyl (C=O) groups is 1. The van der Waals surface area contributed by atoms with Gasteiger partial charge in [-0.05, 0) is 31.5 Å². The van der Waals surface area contributed by atoms with E-state index in [1.165, 1.54) is 0 Å². The standard InChI is InChI=1S/C10H15NO2/c11-6-2-1-4-9(12)8-10-5-3-7-13-10/h3,5,7H,1-2,4,6,8,11H2. The lowest BCUT2D eigenvalue weighted by molar-refractivity contribution is -0.118. The Kier molecular flexibility index (Phi) is 4.26.